The molecular formula is C13H13NO. The van der Waals surface area contributed by atoms with Crippen LogP contribution in [0.2, 0.25) is 0 Å². The molecule has 0 spiro atoms. The van der Waals surface area contributed by atoms with Gasteiger partial charge in [-0.15, -0.1) is 0 Å². The monoisotopic (exact) mass is 199 g/mol. The van der Waals surface area contributed by atoms with Gasteiger partial charge in [0.05, 0.1) is 5.52 Å². The Labute approximate surface area is 89.0 Å². The Morgan fingerprint density at radius 2 is 2.07 bits per heavy atom. The van der Waals surface area contributed by atoms with Crippen LogP contribution in [0.3, 0.4) is 0 Å². The number of aryl methyl sites for hydroxylation is 1. The van der Waals surface area contributed by atoms with Crippen LogP contribution >= 0.6 is 0 Å². The molecule has 0 atom stereocenters. The summed E-state index contributed by atoms with van der Waals surface area (Å²) in [4.78, 5) is 15.2. The van der Waals surface area contributed by atoms with E-state index in [4.69, 9.17) is 0 Å². The van der Waals surface area contributed by atoms with Crippen LogP contribution < -0.4 is 0 Å². The van der Waals surface area contributed by atoms with E-state index in [0.29, 0.717) is 6.42 Å². The first-order valence-electron chi connectivity index (χ1n) is 5.09. The minimum Gasteiger partial charge on any atom is -0.300 e. The maximum absolute atomic E-state index is 10.9. The molecule has 0 amide bonds. The second-order valence-corrected chi connectivity index (χ2v) is 3.69. The second kappa shape index (κ2) is 4.22. The van der Waals surface area contributed by atoms with Crippen LogP contribution in [0.25, 0.3) is 10.9 Å². The summed E-state index contributed by atoms with van der Waals surface area (Å²) in [7, 11) is 0. The van der Waals surface area contributed by atoms with Gasteiger partial charge in [-0.25, -0.2) is 0 Å². The van der Waals surface area contributed by atoms with Gasteiger partial charge < -0.3 is 4.79 Å². The van der Waals surface area contributed by atoms with Crippen LogP contribution in [0.5, 0.6) is 0 Å². The highest BCUT2D eigenvalue weighted by Crippen LogP contribution is 2.17. The number of Topliss-reactive ketones (excluding diaryl/α,β-unsaturated/α-hetero) is 1. The summed E-state index contributed by atoms with van der Waals surface area (Å²) >= 11 is 0. The molecule has 0 aliphatic heterocycles. The fourth-order valence-electron chi connectivity index (χ4n) is 1.68. The molecule has 0 saturated carbocycles. The van der Waals surface area contributed by atoms with Crippen molar-refractivity contribution in [2.75, 3.05) is 0 Å². The number of rotatable bonds is 3. The van der Waals surface area contributed by atoms with Gasteiger partial charge in [0.25, 0.3) is 0 Å². The summed E-state index contributed by atoms with van der Waals surface area (Å²) in [6.45, 7) is 1.63. The number of nitrogens with zero attached hydrogens (tertiary/aromatic N) is 1. The molecule has 0 radical (unpaired) electrons. The molecule has 0 N–H and O–H groups in total. The average Bonchev–Trinajstić information content (AvgIpc) is 2.26. The maximum atomic E-state index is 10.9. The Balaban J connectivity index is 2.38. The molecule has 0 aliphatic carbocycles. The maximum Gasteiger partial charge on any atom is 0.130 e. The minimum atomic E-state index is 0.232. The summed E-state index contributed by atoms with van der Waals surface area (Å²) < 4.78 is 0. The SMILES string of the molecule is CC(=O)CCc1ccnc2ccccc12. The standard InChI is InChI=1S/C13H13NO/c1-10(15)6-7-11-8-9-14-13-5-3-2-4-12(11)13/h2-5,8-9H,6-7H2,1H3. The molecule has 0 unspecified atom stereocenters. The molecule has 1 aromatic carbocycles. The van der Waals surface area contributed by atoms with Crippen molar-refractivity contribution in [3.05, 3.63) is 42.1 Å². The molecule has 15 heavy (non-hydrogen) atoms. The first kappa shape index (κ1) is 9.84. The molecule has 0 aliphatic rings. The van der Waals surface area contributed by atoms with Gasteiger partial charge in [-0.3, -0.25) is 4.98 Å². The van der Waals surface area contributed by atoms with E-state index in [-0.39, 0.29) is 5.78 Å². The van der Waals surface area contributed by atoms with E-state index in [1.807, 2.05) is 24.3 Å². The number of pyridine rings is 1. The number of fused-ring (bicyclic) bond motifs is 1. The predicted octanol–water partition coefficient (Wildman–Crippen LogP) is 2.76. The lowest BCUT2D eigenvalue weighted by Gasteiger charge is -2.03. The number of benzene rings is 1. The Bertz CT molecular complexity index is 485. The number of hydrogen-bond donors (Lipinski definition) is 0. The summed E-state index contributed by atoms with van der Waals surface area (Å²) in [5.41, 5.74) is 2.20. The molecule has 2 aromatic rings. The van der Waals surface area contributed by atoms with Crippen LogP contribution in [0, 0.1) is 0 Å². The number of hydrogen-bond acceptors (Lipinski definition) is 2. The third kappa shape index (κ3) is 2.21. The Hall–Kier alpha value is -1.70. The Kier molecular flexibility index (Phi) is 2.77. The van der Waals surface area contributed by atoms with Gasteiger partial charge in [0.15, 0.2) is 0 Å². The lowest BCUT2D eigenvalue weighted by Crippen LogP contribution is -1.95. The van der Waals surface area contributed by atoms with Crippen molar-refractivity contribution in [2.24, 2.45) is 0 Å². The minimum absolute atomic E-state index is 0.232. The van der Waals surface area contributed by atoms with E-state index in [2.05, 4.69) is 11.1 Å². The van der Waals surface area contributed by atoms with E-state index in [9.17, 15) is 4.79 Å². The summed E-state index contributed by atoms with van der Waals surface area (Å²) in [5, 5.41) is 1.15. The van der Waals surface area contributed by atoms with Crippen molar-refractivity contribution in [1.82, 2.24) is 4.98 Å². The highest BCUT2D eigenvalue weighted by atomic mass is 16.1. The van der Waals surface area contributed by atoms with Gasteiger partial charge in [0.1, 0.15) is 5.78 Å². The van der Waals surface area contributed by atoms with E-state index in [0.717, 1.165) is 17.3 Å². The van der Waals surface area contributed by atoms with Gasteiger partial charge in [-0.1, -0.05) is 18.2 Å². The number of carbonyl (C=O) groups excluding carboxylic acids is 1. The smallest absolute Gasteiger partial charge is 0.130 e. The fraction of sp³-hybridized carbons (Fsp3) is 0.231. The first-order valence-corrected chi connectivity index (χ1v) is 5.09. The van der Waals surface area contributed by atoms with E-state index in [1.54, 1.807) is 13.1 Å². The fourth-order valence-corrected chi connectivity index (χ4v) is 1.68. The van der Waals surface area contributed by atoms with Crippen LogP contribution in [0.15, 0.2) is 36.5 Å². The second-order valence-electron chi connectivity index (χ2n) is 3.69. The number of carbonyl (C=O) groups is 1. The van der Waals surface area contributed by atoms with Crippen molar-refractivity contribution in [1.29, 1.82) is 0 Å². The van der Waals surface area contributed by atoms with Crippen molar-refractivity contribution >= 4 is 16.7 Å². The van der Waals surface area contributed by atoms with Gasteiger partial charge in [-0.2, -0.15) is 0 Å². The van der Waals surface area contributed by atoms with Crippen molar-refractivity contribution in [2.45, 2.75) is 19.8 Å². The molecule has 0 bridgehead atoms. The summed E-state index contributed by atoms with van der Waals surface area (Å²) in [6, 6.07) is 10.0. The molecule has 1 aromatic heterocycles. The molecule has 1 heterocycles. The van der Waals surface area contributed by atoms with E-state index >= 15 is 0 Å². The van der Waals surface area contributed by atoms with Crippen molar-refractivity contribution in [3.8, 4) is 0 Å². The largest absolute Gasteiger partial charge is 0.300 e. The zero-order valence-corrected chi connectivity index (χ0v) is 8.73. The normalized spacial score (nSPS) is 10.5. The topological polar surface area (TPSA) is 30.0 Å². The van der Waals surface area contributed by atoms with Gasteiger partial charge in [0.2, 0.25) is 0 Å². The number of aromatic nitrogens is 1. The Morgan fingerprint density at radius 1 is 1.27 bits per heavy atom. The highest BCUT2D eigenvalue weighted by Gasteiger charge is 2.02. The van der Waals surface area contributed by atoms with Crippen molar-refractivity contribution < 1.29 is 4.79 Å². The quantitative estimate of drug-likeness (QED) is 0.760. The molecule has 0 saturated heterocycles. The molecule has 2 rings (SSSR count). The number of para-hydroxylation sites is 1. The highest BCUT2D eigenvalue weighted by molar-refractivity contribution is 5.83. The molecule has 2 heteroatoms. The van der Waals surface area contributed by atoms with Crippen LogP contribution in [-0.2, 0) is 11.2 Å². The molecule has 2 nitrogen and oxygen atoms in total. The molecule has 76 valence electrons. The molecule has 0 fully saturated rings. The first-order chi connectivity index (χ1) is 7.27. The average molecular weight is 199 g/mol. The third-order valence-corrected chi connectivity index (χ3v) is 2.49. The summed E-state index contributed by atoms with van der Waals surface area (Å²) in [5.74, 6) is 0.232. The lowest BCUT2D eigenvalue weighted by atomic mass is 10.0. The van der Waals surface area contributed by atoms with E-state index < -0.39 is 0 Å². The van der Waals surface area contributed by atoms with Crippen LogP contribution in [0.4, 0.5) is 0 Å². The van der Waals surface area contributed by atoms with Crippen molar-refractivity contribution in [3.63, 3.8) is 0 Å². The van der Waals surface area contributed by atoms with Gasteiger partial charge in [0, 0.05) is 18.0 Å². The zero-order chi connectivity index (χ0) is 10.7. The summed E-state index contributed by atoms with van der Waals surface area (Å²) in [6.07, 6.45) is 3.21. The zero-order valence-electron chi connectivity index (χ0n) is 8.73. The third-order valence-electron chi connectivity index (χ3n) is 2.49. The van der Waals surface area contributed by atoms with Gasteiger partial charge in [-0.05, 0) is 31.0 Å². The lowest BCUT2D eigenvalue weighted by molar-refractivity contribution is -0.116. The van der Waals surface area contributed by atoms with Crippen LogP contribution in [-0.4, -0.2) is 10.8 Å². The number of ketones is 1. The van der Waals surface area contributed by atoms with E-state index in [1.165, 1.54) is 5.56 Å². The Morgan fingerprint density at radius 3 is 2.87 bits per heavy atom. The van der Waals surface area contributed by atoms with Crippen LogP contribution in [0.1, 0.15) is 18.9 Å². The molecular weight excluding hydrogens is 186 g/mol. The van der Waals surface area contributed by atoms with Gasteiger partial charge >= 0.3 is 0 Å². The predicted molar refractivity (Wildman–Crippen MR) is 60.7 cm³/mol.